The maximum atomic E-state index is 9.41. The number of phenols is 2. The van der Waals surface area contributed by atoms with E-state index in [1.165, 1.54) is 12.1 Å². The highest BCUT2D eigenvalue weighted by Gasteiger charge is 2.20. The topological polar surface area (TPSA) is 101 Å². The van der Waals surface area contributed by atoms with E-state index >= 15 is 0 Å². The summed E-state index contributed by atoms with van der Waals surface area (Å²) >= 11 is 0. The van der Waals surface area contributed by atoms with E-state index in [2.05, 4.69) is 0 Å². The Bertz CT molecular complexity index is 312. The van der Waals surface area contributed by atoms with Crippen LogP contribution in [0.15, 0.2) is 18.2 Å². The molecule has 1 aromatic rings. The molecule has 0 bridgehead atoms. The van der Waals surface area contributed by atoms with Crippen LogP contribution in [-0.4, -0.2) is 38.2 Å². The SMILES string of the molecule is OCC(O)C(O)c1cc(O)ccc1O. The summed E-state index contributed by atoms with van der Waals surface area (Å²) in [5.74, 6) is -0.384. The summed E-state index contributed by atoms with van der Waals surface area (Å²) in [4.78, 5) is 0. The molecule has 14 heavy (non-hydrogen) atoms. The quantitative estimate of drug-likeness (QED) is 0.423. The number of hydrogen-bond donors (Lipinski definition) is 5. The second-order valence-electron chi connectivity index (χ2n) is 2.94. The van der Waals surface area contributed by atoms with Crippen molar-refractivity contribution < 1.29 is 25.5 Å². The number of aromatic hydroxyl groups is 2. The van der Waals surface area contributed by atoms with Crippen molar-refractivity contribution in [3.63, 3.8) is 0 Å². The van der Waals surface area contributed by atoms with Crippen LogP contribution in [0.1, 0.15) is 11.7 Å². The average Bonchev–Trinajstić information content (AvgIpc) is 2.19. The fourth-order valence-electron chi connectivity index (χ4n) is 1.09. The van der Waals surface area contributed by atoms with Crippen LogP contribution in [0, 0.1) is 0 Å². The van der Waals surface area contributed by atoms with Gasteiger partial charge in [0.25, 0.3) is 0 Å². The lowest BCUT2D eigenvalue weighted by atomic mass is 10.0. The van der Waals surface area contributed by atoms with Gasteiger partial charge in [0.2, 0.25) is 0 Å². The predicted molar refractivity (Wildman–Crippen MR) is 47.8 cm³/mol. The number of benzene rings is 1. The molecule has 0 saturated heterocycles. The molecule has 0 aromatic heterocycles. The first-order valence-electron chi connectivity index (χ1n) is 4.05. The Balaban J connectivity index is 2.99. The maximum Gasteiger partial charge on any atom is 0.121 e. The molecular weight excluding hydrogens is 188 g/mol. The van der Waals surface area contributed by atoms with Gasteiger partial charge in [-0.3, -0.25) is 0 Å². The van der Waals surface area contributed by atoms with Crippen LogP contribution in [0.5, 0.6) is 11.5 Å². The molecule has 2 atom stereocenters. The van der Waals surface area contributed by atoms with Crippen molar-refractivity contribution in [2.45, 2.75) is 12.2 Å². The second-order valence-corrected chi connectivity index (χ2v) is 2.94. The number of aliphatic hydroxyl groups excluding tert-OH is 3. The lowest BCUT2D eigenvalue weighted by molar-refractivity contribution is -0.0162. The summed E-state index contributed by atoms with van der Waals surface area (Å²) in [5, 5.41) is 45.4. The van der Waals surface area contributed by atoms with Gasteiger partial charge in [0, 0.05) is 5.56 Å². The molecule has 0 aliphatic carbocycles. The third-order valence-corrected chi connectivity index (χ3v) is 1.88. The molecule has 0 fully saturated rings. The van der Waals surface area contributed by atoms with Crippen molar-refractivity contribution >= 4 is 0 Å². The van der Waals surface area contributed by atoms with Gasteiger partial charge in [-0.05, 0) is 18.2 Å². The summed E-state index contributed by atoms with van der Waals surface area (Å²) in [6, 6.07) is 3.56. The zero-order valence-corrected chi connectivity index (χ0v) is 7.33. The third-order valence-electron chi connectivity index (χ3n) is 1.88. The minimum Gasteiger partial charge on any atom is -0.508 e. The van der Waals surface area contributed by atoms with E-state index in [1.54, 1.807) is 0 Å². The van der Waals surface area contributed by atoms with Crippen molar-refractivity contribution in [2.24, 2.45) is 0 Å². The first-order chi connectivity index (χ1) is 6.56. The Kier molecular flexibility index (Phi) is 3.29. The highest BCUT2D eigenvalue weighted by atomic mass is 16.4. The van der Waals surface area contributed by atoms with E-state index < -0.39 is 18.8 Å². The van der Waals surface area contributed by atoms with Crippen LogP contribution in [-0.2, 0) is 0 Å². The lowest BCUT2D eigenvalue weighted by Crippen LogP contribution is -2.22. The van der Waals surface area contributed by atoms with Crippen LogP contribution in [0.2, 0.25) is 0 Å². The summed E-state index contributed by atoms with van der Waals surface area (Å²) < 4.78 is 0. The van der Waals surface area contributed by atoms with E-state index in [4.69, 9.17) is 15.3 Å². The Morgan fingerprint density at radius 1 is 1.14 bits per heavy atom. The lowest BCUT2D eigenvalue weighted by Gasteiger charge is -2.16. The molecule has 0 aliphatic heterocycles. The Morgan fingerprint density at radius 3 is 2.36 bits per heavy atom. The molecule has 0 aliphatic rings. The highest BCUT2D eigenvalue weighted by Crippen LogP contribution is 2.29. The molecule has 1 aromatic carbocycles. The Labute approximate surface area is 80.5 Å². The van der Waals surface area contributed by atoms with E-state index in [0.29, 0.717) is 0 Å². The van der Waals surface area contributed by atoms with Crippen LogP contribution in [0.25, 0.3) is 0 Å². The fourth-order valence-corrected chi connectivity index (χ4v) is 1.09. The molecular formula is C9H12O5. The summed E-state index contributed by atoms with van der Waals surface area (Å²) in [5.41, 5.74) is -0.0217. The molecule has 5 N–H and O–H groups in total. The van der Waals surface area contributed by atoms with E-state index in [1.807, 2.05) is 0 Å². The van der Waals surface area contributed by atoms with Gasteiger partial charge in [0.15, 0.2) is 0 Å². The zero-order valence-electron chi connectivity index (χ0n) is 7.33. The van der Waals surface area contributed by atoms with E-state index in [9.17, 15) is 10.2 Å². The first-order valence-corrected chi connectivity index (χ1v) is 4.05. The molecule has 0 radical (unpaired) electrons. The van der Waals surface area contributed by atoms with Crippen LogP contribution in [0.3, 0.4) is 0 Å². The summed E-state index contributed by atoms with van der Waals surface area (Å²) in [7, 11) is 0. The van der Waals surface area contributed by atoms with Gasteiger partial charge >= 0.3 is 0 Å². The minimum absolute atomic E-state index is 0.0217. The van der Waals surface area contributed by atoms with Crippen molar-refractivity contribution in [2.75, 3.05) is 6.61 Å². The number of rotatable bonds is 3. The van der Waals surface area contributed by atoms with Gasteiger partial charge in [0.1, 0.15) is 23.7 Å². The zero-order chi connectivity index (χ0) is 10.7. The van der Waals surface area contributed by atoms with Crippen molar-refractivity contribution in [3.05, 3.63) is 23.8 Å². The van der Waals surface area contributed by atoms with Crippen LogP contribution >= 0.6 is 0 Å². The molecule has 5 nitrogen and oxygen atoms in total. The molecule has 0 amide bonds. The largest absolute Gasteiger partial charge is 0.508 e. The molecule has 1 rings (SSSR count). The molecule has 78 valence electrons. The van der Waals surface area contributed by atoms with Crippen LogP contribution < -0.4 is 0 Å². The van der Waals surface area contributed by atoms with Crippen molar-refractivity contribution in [1.29, 1.82) is 0 Å². The van der Waals surface area contributed by atoms with Crippen LogP contribution in [0.4, 0.5) is 0 Å². The normalized spacial score (nSPS) is 15.1. The highest BCUT2D eigenvalue weighted by molar-refractivity contribution is 5.40. The van der Waals surface area contributed by atoms with Gasteiger partial charge < -0.3 is 25.5 Å². The molecule has 5 heteroatoms. The Morgan fingerprint density at radius 2 is 1.79 bits per heavy atom. The van der Waals surface area contributed by atoms with Gasteiger partial charge in [-0.25, -0.2) is 0 Å². The van der Waals surface area contributed by atoms with Gasteiger partial charge in [-0.1, -0.05) is 0 Å². The van der Waals surface area contributed by atoms with Crippen molar-refractivity contribution in [1.82, 2.24) is 0 Å². The second kappa shape index (κ2) is 4.28. The molecule has 2 unspecified atom stereocenters. The van der Waals surface area contributed by atoms with Gasteiger partial charge in [-0.15, -0.1) is 0 Å². The van der Waals surface area contributed by atoms with E-state index in [0.717, 1.165) is 6.07 Å². The number of hydrogen-bond acceptors (Lipinski definition) is 5. The molecule has 0 heterocycles. The molecule has 0 spiro atoms. The van der Waals surface area contributed by atoms with E-state index in [-0.39, 0.29) is 17.1 Å². The van der Waals surface area contributed by atoms with Gasteiger partial charge in [-0.2, -0.15) is 0 Å². The Hall–Kier alpha value is -1.30. The minimum atomic E-state index is -1.42. The number of phenolic OH excluding ortho intramolecular Hbond substituents is 2. The summed E-state index contributed by atoms with van der Waals surface area (Å²) in [6.07, 6.45) is -2.81. The van der Waals surface area contributed by atoms with Gasteiger partial charge in [0.05, 0.1) is 6.61 Å². The summed E-state index contributed by atoms with van der Waals surface area (Å²) in [6.45, 7) is -0.629. The fraction of sp³-hybridized carbons (Fsp3) is 0.333. The average molecular weight is 200 g/mol. The monoisotopic (exact) mass is 200 g/mol. The number of aliphatic hydroxyl groups is 3. The molecule has 0 saturated carbocycles. The predicted octanol–water partition coefficient (Wildman–Crippen LogP) is -0.516. The third kappa shape index (κ3) is 2.14. The maximum absolute atomic E-state index is 9.41. The van der Waals surface area contributed by atoms with Crippen molar-refractivity contribution in [3.8, 4) is 11.5 Å². The standard InChI is InChI=1S/C9H12O5/c10-4-8(13)9(14)6-3-5(11)1-2-7(6)12/h1-3,8-14H,4H2. The smallest absolute Gasteiger partial charge is 0.121 e. The first kappa shape index (κ1) is 10.8.